The summed E-state index contributed by atoms with van der Waals surface area (Å²) in [6.07, 6.45) is 8.40. The van der Waals surface area contributed by atoms with Gasteiger partial charge in [-0.05, 0) is 25.1 Å². The third kappa shape index (κ3) is 4.93. The van der Waals surface area contributed by atoms with E-state index in [2.05, 4.69) is 36.7 Å². The molecule has 3 nitrogen and oxygen atoms in total. The summed E-state index contributed by atoms with van der Waals surface area (Å²) in [7, 11) is 2.10. The van der Waals surface area contributed by atoms with Gasteiger partial charge in [0.05, 0.1) is 0 Å². The zero-order valence-corrected chi connectivity index (χ0v) is 14.8. The Bertz CT molecular complexity index is 596. The number of rotatable bonds is 6. The molecule has 3 heteroatoms. The van der Waals surface area contributed by atoms with Gasteiger partial charge in [0.15, 0.2) is 0 Å². The highest BCUT2D eigenvalue weighted by atomic mass is 16.2. The molecule has 1 atom stereocenters. The van der Waals surface area contributed by atoms with Gasteiger partial charge in [-0.1, -0.05) is 61.2 Å². The van der Waals surface area contributed by atoms with Gasteiger partial charge in [0.1, 0.15) is 0 Å². The van der Waals surface area contributed by atoms with E-state index in [1.807, 2.05) is 42.2 Å². The topological polar surface area (TPSA) is 23.6 Å². The van der Waals surface area contributed by atoms with Gasteiger partial charge >= 0.3 is 0 Å². The Labute approximate surface area is 146 Å². The number of piperazine rings is 1. The lowest BCUT2D eigenvalue weighted by Crippen LogP contribution is -2.47. The predicted octanol–water partition coefficient (Wildman–Crippen LogP) is 3.62. The molecule has 0 saturated carbocycles. The van der Waals surface area contributed by atoms with Crippen LogP contribution in [0.2, 0.25) is 0 Å². The van der Waals surface area contributed by atoms with Gasteiger partial charge in [-0.2, -0.15) is 0 Å². The van der Waals surface area contributed by atoms with Gasteiger partial charge in [-0.3, -0.25) is 4.79 Å². The average Bonchev–Trinajstić information content (AvgIpc) is 2.61. The smallest absolute Gasteiger partial charge is 0.223 e. The van der Waals surface area contributed by atoms with Crippen molar-refractivity contribution in [3.8, 4) is 0 Å². The molecule has 1 aromatic carbocycles. The van der Waals surface area contributed by atoms with Crippen LogP contribution in [0.15, 0.2) is 66.8 Å². The molecular weight excluding hydrogens is 296 g/mol. The van der Waals surface area contributed by atoms with E-state index in [-0.39, 0.29) is 11.8 Å². The zero-order chi connectivity index (χ0) is 17.4. The molecule has 0 aliphatic carbocycles. The largest absolute Gasteiger partial charge is 0.340 e. The fraction of sp³-hybridized carbons (Fsp3) is 0.381. The Balaban J connectivity index is 2.21. The van der Waals surface area contributed by atoms with Gasteiger partial charge in [0.25, 0.3) is 0 Å². The fourth-order valence-corrected chi connectivity index (χ4v) is 3.09. The van der Waals surface area contributed by atoms with Gasteiger partial charge in [0.2, 0.25) is 5.91 Å². The molecule has 0 spiro atoms. The minimum Gasteiger partial charge on any atom is -0.340 e. The number of amides is 1. The van der Waals surface area contributed by atoms with E-state index in [9.17, 15) is 4.79 Å². The van der Waals surface area contributed by atoms with E-state index >= 15 is 0 Å². The number of hydrogen-bond donors (Lipinski definition) is 0. The summed E-state index contributed by atoms with van der Waals surface area (Å²) in [6, 6.07) is 10.3. The first kappa shape index (κ1) is 18.2. The highest BCUT2D eigenvalue weighted by Crippen LogP contribution is 2.30. The SMILES string of the molecule is C=C/C=C(\C=C/C)C(CC(=O)N1CCN(C)CC1)c1ccccc1. The minimum atomic E-state index is 0.0626. The lowest BCUT2D eigenvalue weighted by atomic mass is 9.87. The number of likely N-dealkylation sites (N-methyl/N-ethyl adjacent to an activating group) is 1. The van der Waals surface area contributed by atoms with Crippen LogP contribution in [0.3, 0.4) is 0 Å². The van der Waals surface area contributed by atoms with Crippen LogP contribution >= 0.6 is 0 Å². The molecule has 0 aromatic heterocycles. The van der Waals surface area contributed by atoms with E-state index in [4.69, 9.17) is 0 Å². The number of allylic oxidation sites excluding steroid dienone is 5. The Morgan fingerprint density at radius 1 is 1.21 bits per heavy atom. The van der Waals surface area contributed by atoms with Gasteiger partial charge in [-0.15, -0.1) is 0 Å². The van der Waals surface area contributed by atoms with Crippen molar-refractivity contribution in [3.05, 3.63) is 72.4 Å². The molecule has 0 bridgehead atoms. The van der Waals surface area contributed by atoms with Crippen molar-refractivity contribution in [1.82, 2.24) is 9.80 Å². The zero-order valence-electron chi connectivity index (χ0n) is 14.8. The molecule has 1 unspecified atom stereocenters. The normalized spacial score (nSPS) is 17.9. The second kappa shape index (κ2) is 9.24. The maximum absolute atomic E-state index is 12.8. The van der Waals surface area contributed by atoms with E-state index in [1.165, 1.54) is 5.56 Å². The molecule has 1 saturated heterocycles. The molecule has 0 N–H and O–H groups in total. The second-order valence-electron chi connectivity index (χ2n) is 6.25. The number of hydrogen-bond acceptors (Lipinski definition) is 2. The molecule has 24 heavy (non-hydrogen) atoms. The third-order valence-corrected chi connectivity index (χ3v) is 4.51. The van der Waals surface area contributed by atoms with Gasteiger partial charge < -0.3 is 9.80 Å². The number of nitrogens with zero attached hydrogens (tertiary/aromatic N) is 2. The van der Waals surface area contributed by atoms with Gasteiger partial charge in [0, 0.05) is 38.5 Å². The van der Waals surface area contributed by atoms with E-state index in [0.717, 1.165) is 31.8 Å². The Kier molecular flexibility index (Phi) is 7.01. The van der Waals surface area contributed by atoms with Gasteiger partial charge in [-0.25, -0.2) is 0 Å². The molecule has 1 aliphatic heterocycles. The van der Waals surface area contributed by atoms with Crippen LogP contribution in [0.4, 0.5) is 0 Å². The minimum absolute atomic E-state index is 0.0626. The molecule has 1 aromatic rings. The van der Waals surface area contributed by atoms with E-state index < -0.39 is 0 Å². The summed E-state index contributed by atoms with van der Waals surface area (Å²) in [5.41, 5.74) is 2.30. The Hall–Kier alpha value is -2.13. The summed E-state index contributed by atoms with van der Waals surface area (Å²) in [6.45, 7) is 9.37. The highest BCUT2D eigenvalue weighted by molar-refractivity contribution is 5.78. The van der Waals surface area contributed by atoms with Crippen molar-refractivity contribution in [2.75, 3.05) is 33.2 Å². The maximum Gasteiger partial charge on any atom is 0.223 e. The van der Waals surface area contributed by atoms with Crippen LogP contribution in [-0.2, 0) is 4.79 Å². The molecular formula is C21H28N2O. The summed E-state index contributed by atoms with van der Waals surface area (Å²) in [5.74, 6) is 0.295. The number of carbonyl (C=O) groups excluding carboxylic acids is 1. The summed E-state index contributed by atoms with van der Waals surface area (Å²) >= 11 is 0. The standard InChI is InChI=1S/C21H28N2O/c1-4-9-18(10-5-2)20(19-11-7-6-8-12-19)17-21(24)23-15-13-22(3)14-16-23/h4-12,20H,1,13-17H2,2-3H3/b10-5-,18-9+. The van der Waals surface area contributed by atoms with E-state index in [1.54, 1.807) is 6.08 Å². The third-order valence-electron chi connectivity index (χ3n) is 4.51. The van der Waals surface area contributed by atoms with Crippen LogP contribution < -0.4 is 0 Å². The molecule has 1 heterocycles. The quantitative estimate of drug-likeness (QED) is 0.746. The second-order valence-corrected chi connectivity index (χ2v) is 6.25. The first-order valence-electron chi connectivity index (χ1n) is 8.62. The monoisotopic (exact) mass is 324 g/mol. The Morgan fingerprint density at radius 2 is 1.88 bits per heavy atom. The van der Waals surface area contributed by atoms with E-state index in [0.29, 0.717) is 6.42 Å². The number of carbonyl (C=O) groups is 1. The highest BCUT2D eigenvalue weighted by Gasteiger charge is 2.24. The fourth-order valence-electron chi connectivity index (χ4n) is 3.09. The summed E-state index contributed by atoms with van der Waals surface area (Å²) in [4.78, 5) is 17.1. The van der Waals surface area contributed by atoms with Crippen molar-refractivity contribution in [2.24, 2.45) is 0 Å². The van der Waals surface area contributed by atoms with Crippen LogP contribution in [-0.4, -0.2) is 48.9 Å². The molecule has 1 amide bonds. The van der Waals surface area contributed by atoms with Crippen LogP contribution in [0, 0.1) is 0 Å². The molecule has 2 rings (SSSR count). The van der Waals surface area contributed by atoms with Crippen molar-refractivity contribution in [2.45, 2.75) is 19.3 Å². The molecule has 0 radical (unpaired) electrons. The first-order valence-corrected chi connectivity index (χ1v) is 8.62. The molecule has 1 aliphatic rings. The first-order chi connectivity index (χ1) is 11.7. The number of benzene rings is 1. The van der Waals surface area contributed by atoms with Crippen molar-refractivity contribution < 1.29 is 4.79 Å². The van der Waals surface area contributed by atoms with Crippen molar-refractivity contribution in [1.29, 1.82) is 0 Å². The van der Waals surface area contributed by atoms with Crippen molar-refractivity contribution >= 4 is 5.91 Å². The molecule has 1 fully saturated rings. The lowest BCUT2D eigenvalue weighted by molar-refractivity contribution is -0.133. The Morgan fingerprint density at radius 3 is 2.46 bits per heavy atom. The van der Waals surface area contributed by atoms with Crippen LogP contribution in [0.5, 0.6) is 0 Å². The molecule has 128 valence electrons. The maximum atomic E-state index is 12.8. The summed E-state index contributed by atoms with van der Waals surface area (Å²) < 4.78 is 0. The average molecular weight is 324 g/mol. The lowest BCUT2D eigenvalue weighted by Gasteiger charge is -2.33. The van der Waals surface area contributed by atoms with Crippen molar-refractivity contribution in [3.63, 3.8) is 0 Å². The van der Waals surface area contributed by atoms with Crippen LogP contribution in [0.25, 0.3) is 0 Å². The van der Waals surface area contributed by atoms with Crippen LogP contribution in [0.1, 0.15) is 24.8 Å². The predicted molar refractivity (Wildman–Crippen MR) is 101 cm³/mol. The summed E-state index contributed by atoms with van der Waals surface area (Å²) in [5, 5.41) is 0.